The molecule has 0 bridgehead atoms. The fraction of sp³-hybridized carbons (Fsp3) is 0.400. The van der Waals surface area contributed by atoms with E-state index >= 15 is 0 Å². The Bertz CT molecular complexity index is 993. The van der Waals surface area contributed by atoms with Gasteiger partial charge in [-0.2, -0.15) is 0 Å². The van der Waals surface area contributed by atoms with Crippen molar-refractivity contribution in [1.82, 2.24) is 9.80 Å². The predicted molar refractivity (Wildman–Crippen MR) is 127 cm³/mol. The topological polar surface area (TPSA) is 90.5 Å². The van der Waals surface area contributed by atoms with Gasteiger partial charge >= 0.3 is 0 Å². The number of halogens is 1. The van der Waals surface area contributed by atoms with E-state index in [0.29, 0.717) is 18.0 Å². The van der Waals surface area contributed by atoms with E-state index in [1.54, 1.807) is 0 Å². The molecule has 4 atom stereocenters. The molecule has 2 fully saturated rings. The van der Waals surface area contributed by atoms with Crippen LogP contribution in [0.3, 0.4) is 0 Å². The summed E-state index contributed by atoms with van der Waals surface area (Å²) >= 11 is 0. The number of rotatable bonds is 6. The second-order valence-corrected chi connectivity index (χ2v) is 9.14. The molecule has 7 heteroatoms. The summed E-state index contributed by atoms with van der Waals surface area (Å²) in [5.41, 5.74) is 8.20. The van der Waals surface area contributed by atoms with Gasteiger partial charge in [0.15, 0.2) is 0 Å². The van der Waals surface area contributed by atoms with Gasteiger partial charge in [0.25, 0.3) is 0 Å². The molecule has 0 saturated carbocycles. The molecule has 2 amide bonds. The third-order valence-electron chi connectivity index (χ3n) is 6.67. The zero-order valence-corrected chi connectivity index (χ0v) is 19.5. The van der Waals surface area contributed by atoms with Crippen LogP contribution in [-0.4, -0.2) is 40.5 Å². The number of imide groups is 1. The number of hydrogen-bond donors (Lipinski definition) is 2. The Morgan fingerprint density at radius 2 is 1.59 bits per heavy atom. The SMILES string of the molecule is CC(C)CC1C2C(=O)N(Cc3ccccc3)C(=O)C2C(c2ccc(C(=N)N)cc2)N1C.Cl. The van der Waals surface area contributed by atoms with Crippen LogP contribution >= 0.6 is 12.4 Å². The fourth-order valence-corrected chi connectivity index (χ4v) is 5.24. The number of carbonyl (C=O) groups excluding carboxylic acids is 2. The average Bonchev–Trinajstić information content (AvgIpc) is 3.15. The summed E-state index contributed by atoms with van der Waals surface area (Å²) < 4.78 is 0. The van der Waals surface area contributed by atoms with E-state index in [2.05, 4.69) is 18.7 Å². The number of amidine groups is 1. The Hall–Kier alpha value is -2.70. The lowest BCUT2D eigenvalue weighted by Crippen LogP contribution is -2.40. The van der Waals surface area contributed by atoms with E-state index in [9.17, 15) is 9.59 Å². The summed E-state index contributed by atoms with van der Waals surface area (Å²) in [5.74, 6) is -0.438. The second-order valence-electron chi connectivity index (χ2n) is 9.14. The zero-order valence-electron chi connectivity index (χ0n) is 18.7. The normalized spacial score (nSPS) is 25.2. The Balaban J connectivity index is 0.00000289. The van der Waals surface area contributed by atoms with E-state index in [0.717, 1.165) is 17.5 Å². The van der Waals surface area contributed by atoms with E-state index < -0.39 is 5.92 Å². The van der Waals surface area contributed by atoms with E-state index in [1.807, 2.05) is 61.6 Å². The molecule has 2 aromatic rings. The summed E-state index contributed by atoms with van der Waals surface area (Å²) in [4.78, 5) is 30.7. The maximum atomic E-state index is 13.6. The summed E-state index contributed by atoms with van der Waals surface area (Å²) in [6.45, 7) is 4.63. The minimum atomic E-state index is -0.395. The summed E-state index contributed by atoms with van der Waals surface area (Å²) in [7, 11) is 2.02. The van der Waals surface area contributed by atoms with Crippen LogP contribution in [0, 0.1) is 23.2 Å². The zero-order chi connectivity index (χ0) is 22.3. The van der Waals surface area contributed by atoms with Crippen molar-refractivity contribution in [3.8, 4) is 0 Å². The molecule has 2 aliphatic heterocycles. The Morgan fingerprint density at radius 1 is 1.00 bits per heavy atom. The molecular formula is C25H31ClN4O2. The van der Waals surface area contributed by atoms with E-state index in [1.165, 1.54) is 4.90 Å². The predicted octanol–water partition coefficient (Wildman–Crippen LogP) is 3.60. The fourth-order valence-electron chi connectivity index (χ4n) is 5.24. The lowest BCUT2D eigenvalue weighted by molar-refractivity contribution is -0.142. The first kappa shape index (κ1) is 24.0. The third kappa shape index (κ3) is 4.17. The summed E-state index contributed by atoms with van der Waals surface area (Å²) in [5, 5.41) is 7.64. The molecular weight excluding hydrogens is 424 g/mol. The van der Waals surface area contributed by atoms with Gasteiger partial charge in [0.2, 0.25) is 11.8 Å². The maximum Gasteiger partial charge on any atom is 0.235 e. The van der Waals surface area contributed by atoms with Crippen molar-refractivity contribution in [3.63, 3.8) is 0 Å². The van der Waals surface area contributed by atoms with Crippen molar-refractivity contribution in [3.05, 3.63) is 71.3 Å². The van der Waals surface area contributed by atoms with E-state index in [4.69, 9.17) is 11.1 Å². The highest BCUT2D eigenvalue weighted by Crippen LogP contribution is 2.50. The molecule has 2 saturated heterocycles. The molecule has 2 aliphatic rings. The number of likely N-dealkylation sites (tertiary alicyclic amines) is 2. The van der Waals surface area contributed by atoms with Crippen molar-refractivity contribution in [1.29, 1.82) is 5.41 Å². The number of nitrogens with two attached hydrogens (primary N) is 1. The number of nitrogens with one attached hydrogen (secondary N) is 1. The van der Waals surface area contributed by atoms with Gasteiger partial charge < -0.3 is 5.73 Å². The number of benzene rings is 2. The van der Waals surface area contributed by atoms with Crippen LogP contribution in [-0.2, 0) is 16.1 Å². The molecule has 0 radical (unpaired) electrons. The van der Waals surface area contributed by atoms with Gasteiger partial charge in [-0.1, -0.05) is 68.4 Å². The minimum Gasteiger partial charge on any atom is -0.384 e. The van der Waals surface area contributed by atoms with Gasteiger partial charge in [-0.05, 0) is 30.5 Å². The molecule has 32 heavy (non-hydrogen) atoms. The molecule has 2 heterocycles. The summed E-state index contributed by atoms with van der Waals surface area (Å²) in [6, 6.07) is 17.0. The van der Waals surface area contributed by atoms with Gasteiger partial charge in [0.1, 0.15) is 5.84 Å². The van der Waals surface area contributed by atoms with Crippen LogP contribution in [0.15, 0.2) is 54.6 Å². The van der Waals surface area contributed by atoms with Gasteiger partial charge in [0.05, 0.1) is 18.4 Å². The van der Waals surface area contributed by atoms with Crippen molar-refractivity contribution >= 4 is 30.1 Å². The molecule has 4 unspecified atom stereocenters. The van der Waals surface area contributed by atoms with Crippen LogP contribution in [0.4, 0.5) is 0 Å². The lowest BCUT2D eigenvalue weighted by Gasteiger charge is -2.31. The second kappa shape index (κ2) is 9.43. The molecule has 2 aromatic carbocycles. The van der Waals surface area contributed by atoms with Crippen LogP contribution < -0.4 is 5.73 Å². The van der Waals surface area contributed by atoms with Gasteiger partial charge in [-0.25, -0.2) is 0 Å². The van der Waals surface area contributed by atoms with Gasteiger partial charge in [-0.15, -0.1) is 12.4 Å². The molecule has 4 rings (SSSR count). The molecule has 0 aliphatic carbocycles. The molecule has 3 N–H and O–H groups in total. The smallest absolute Gasteiger partial charge is 0.235 e. The number of hydrogen-bond acceptors (Lipinski definition) is 4. The Labute approximate surface area is 195 Å². The van der Waals surface area contributed by atoms with Crippen molar-refractivity contribution < 1.29 is 9.59 Å². The lowest BCUT2D eigenvalue weighted by atomic mass is 9.84. The number of nitrogen functional groups attached to an aromatic ring is 1. The van der Waals surface area contributed by atoms with E-state index in [-0.39, 0.29) is 48.1 Å². The largest absolute Gasteiger partial charge is 0.384 e. The quantitative estimate of drug-likeness (QED) is 0.396. The molecule has 0 spiro atoms. The summed E-state index contributed by atoms with van der Waals surface area (Å²) in [6.07, 6.45) is 0.859. The first-order chi connectivity index (χ1) is 14.8. The highest BCUT2D eigenvalue weighted by Gasteiger charge is 2.61. The maximum absolute atomic E-state index is 13.6. The van der Waals surface area contributed by atoms with Crippen LogP contribution in [0.1, 0.15) is 43.0 Å². The Morgan fingerprint density at radius 3 is 2.16 bits per heavy atom. The first-order valence-electron chi connectivity index (χ1n) is 10.8. The highest BCUT2D eigenvalue weighted by atomic mass is 35.5. The van der Waals surface area contributed by atoms with Crippen LogP contribution in [0.25, 0.3) is 0 Å². The highest BCUT2D eigenvalue weighted by molar-refractivity contribution is 6.06. The van der Waals surface area contributed by atoms with Gasteiger partial charge in [-0.3, -0.25) is 24.8 Å². The minimum absolute atomic E-state index is 0. The first-order valence-corrected chi connectivity index (χ1v) is 10.8. The monoisotopic (exact) mass is 454 g/mol. The van der Waals surface area contributed by atoms with Crippen LogP contribution in [0.5, 0.6) is 0 Å². The van der Waals surface area contributed by atoms with Crippen molar-refractivity contribution in [2.45, 2.75) is 38.9 Å². The molecule has 170 valence electrons. The van der Waals surface area contributed by atoms with Crippen LogP contribution in [0.2, 0.25) is 0 Å². The molecule has 6 nitrogen and oxygen atoms in total. The number of amides is 2. The van der Waals surface area contributed by atoms with Gasteiger partial charge in [0, 0.05) is 17.6 Å². The average molecular weight is 455 g/mol. The number of carbonyl (C=O) groups is 2. The standard InChI is InChI=1S/C25H30N4O2.ClH/c1-15(2)13-19-20-21(22(28(19)3)17-9-11-18(12-10-17)23(26)27)25(31)29(24(20)30)14-16-7-5-4-6-8-16;/h4-12,15,19-22H,13-14H2,1-3H3,(H3,26,27);1H. The Kier molecular flexibility index (Phi) is 7.06. The van der Waals surface area contributed by atoms with Crippen molar-refractivity contribution in [2.75, 3.05) is 7.05 Å². The number of nitrogens with zero attached hydrogens (tertiary/aromatic N) is 2. The van der Waals surface area contributed by atoms with Crippen molar-refractivity contribution in [2.24, 2.45) is 23.5 Å². The third-order valence-corrected chi connectivity index (χ3v) is 6.67. The number of fused-ring (bicyclic) bond motifs is 1. The molecule has 0 aromatic heterocycles.